The van der Waals surface area contributed by atoms with Gasteiger partial charge in [-0.3, -0.25) is 4.98 Å². The summed E-state index contributed by atoms with van der Waals surface area (Å²) in [6, 6.07) is 8.21. The Hall–Kier alpha value is -1.48. The van der Waals surface area contributed by atoms with E-state index < -0.39 is 0 Å². The van der Waals surface area contributed by atoms with Gasteiger partial charge in [-0.2, -0.15) is 0 Å². The van der Waals surface area contributed by atoms with Crippen molar-refractivity contribution in [3.63, 3.8) is 0 Å². The number of hydrogen-bond donors (Lipinski definition) is 1. The summed E-state index contributed by atoms with van der Waals surface area (Å²) in [5.74, 6) is 0.437. The van der Waals surface area contributed by atoms with E-state index in [4.69, 9.17) is 5.73 Å². The maximum absolute atomic E-state index is 5.77. The summed E-state index contributed by atoms with van der Waals surface area (Å²) in [6.45, 7) is 0. The van der Waals surface area contributed by atoms with Crippen LogP contribution in [0.3, 0.4) is 0 Å². The average Bonchev–Trinajstić information content (AvgIpc) is 2.95. The first kappa shape index (κ1) is 7.88. The zero-order chi connectivity index (χ0) is 9.54. The minimum Gasteiger partial charge on any atom is -0.327 e. The molecule has 0 radical (unpaired) electrons. The number of aromatic nitrogens is 2. The SMILES string of the molecule is NC1CC1c1cnc2ccccc2n1. The lowest BCUT2D eigenvalue weighted by Gasteiger charge is -1.99. The highest BCUT2D eigenvalue weighted by atomic mass is 14.9. The van der Waals surface area contributed by atoms with E-state index >= 15 is 0 Å². The fraction of sp³-hybridized carbons (Fsp3) is 0.273. The molecule has 0 saturated heterocycles. The Labute approximate surface area is 82.0 Å². The first-order valence-corrected chi connectivity index (χ1v) is 4.82. The van der Waals surface area contributed by atoms with Crippen molar-refractivity contribution >= 4 is 11.0 Å². The van der Waals surface area contributed by atoms with Crippen molar-refractivity contribution in [3.05, 3.63) is 36.2 Å². The molecule has 1 saturated carbocycles. The maximum Gasteiger partial charge on any atom is 0.0890 e. The van der Waals surface area contributed by atoms with Crippen LogP contribution in [-0.2, 0) is 0 Å². The van der Waals surface area contributed by atoms with Crippen LogP contribution < -0.4 is 5.73 Å². The molecule has 2 aromatic rings. The zero-order valence-corrected chi connectivity index (χ0v) is 7.72. The van der Waals surface area contributed by atoms with Gasteiger partial charge in [-0.1, -0.05) is 12.1 Å². The topological polar surface area (TPSA) is 51.8 Å². The highest BCUT2D eigenvalue weighted by Gasteiger charge is 2.36. The van der Waals surface area contributed by atoms with E-state index in [0.717, 1.165) is 23.1 Å². The number of fused-ring (bicyclic) bond motifs is 1. The van der Waals surface area contributed by atoms with Gasteiger partial charge in [0.25, 0.3) is 0 Å². The van der Waals surface area contributed by atoms with Crippen molar-refractivity contribution in [1.29, 1.82) is 0 Å². The minimum absolute atomic E-state index is 0.297. The van der Waals surface area contributed by atoms with Gasteiger partial charge >= 0.3 is 0 Å². The molecule has 70 valence electrons. The molecule has 2 atom stereocenters. The largest absolute Gasteiger partial charge is 0.327 e. The van der Waals surface area contributed by atoms with E-state index in [2.05, 4.69) is 9.97 Å². The second kappa shape index (κ2) is 2.75. The summed E-state index contributed by atoms with van der Waals surface area (Å²) >= 11 is 0. The van der Waals surface area contributed by atoms with E-state index in [-0.39, 0.29) is 0 Å². The molecule has 3 rings (SSSR count). The lowest BCUT2D eigenvalue weighted by Crippen LogP contribution is -2.02. The predicted octanol–water partition coefficient (Wildman–Crippen LogP) is 1.44. The molecule has 0 aliphatic heterocycles. The third-order valence-electron chi connectivity index (χ3n) is 2.69. The van der Waals surface area contributed by atoms with Gasteiger partial charge < -0.3 is 5.73 Å². The van der Waals surface area contributed by atoms with Crippen molar-refractivity contribution in [2.75, 3.05) is 0 Å². The molecule has 0 spiro atoms. The van der Waals surface area contributed by atoms with E-state index in [9.17, 15) is 0 Å². The van der Waals surface area contributed by atoms with Gasteiger partial charge in [0.15, 0.2) is 0 Å². The van der Waals surface area contributed by atoms with Crippen molar-refractivity contribution in [2.45, 2.75) is 18.4 Å². The van der Waals surface area contributed by atoms with Gasteiger partial charge in [0.05, 0.1) is 16.7 Å². The predicted molar refractivity (Wildman–Crippen MR) is 54.9 cm³/mol. The molecule has 1 fully saturated rings. The molecule has 3 heteroatoms. The Balaban J connectivity index is 2.11. The smallest absolute Gasteiger partial charge is 0.0890 e. The molecule has 1 aliphatic rings. The van der Waals surface area contributed by atoms with Crippen LogP contribution in [0.2, 0.25) is 0 Å². The van der Waals surface area contributed by atoms with Gasteiger partial charge in [0.2, 0.25) is 0 Å². The van der Waals surface area contributed by atoms with E-state index in [0.29, 0.717) is 12.0 Å². The standard InChI is InChI=1S/C11H11N3/c12-8-5-7(8)11-6-13-9-3-1-2-4-10(9)14-11/h1-4,6-8H,5,12H2. The number of nitrogens with zero attached hydrogens (tertiary/aromatic N) is 2. The van der Waals surface area contributed by atoms with Crippen molar-refractivity contribution in [3.8, 4) is 0 Å². The number of benzene rings is 1. The highest BCUT2D eigenvalue weighted by Crippen LogP contribution is 2.37. The number of nitrogens with two attached hydrogens (primary N) is 1. The Kier molecular flexibility index (Phi) is 1.55. The Morgan fingerprint density at radius 1 is 1.21 bits per heavy atom. The van der Waals surface area contributed by atoms with Crippen LogP contribution in [-0.4, -0.2) is 16.0 Å². The molecule has 1 aromatic carbocycles. The summed E-state index contributed by atoms with van der Waals surface area (Å²) in [5.41, 5.74) is 8.72. The monoisotopic (exact) mass is 185 g/mol. The van der Waals surface area contributed by atoms with Crippen molar-refractivity contribution in [2.24, 2.45) is 5.73 Å². The van der Waals surface area contributed by atoms with E-state index in [1.54, 1.807) is 0 Å². The highest BCUT2D eigenvalue weighted by molar-refractivity contribution is 5.73. The van der Waals surface area contributed by atoms with Gasteiger partial charge in [-0.05, 0) is 18.6 Å². The van der Waals surface area contributed by atoms with Crippen LogP contribution in [0.1, 0.15) is 18.0 Å². The van der Waals surface area contributed by atoms with Crippen LogP contribution in [0.25, 0.3) is 11.0 Å². The number of hydrogen-bond acceptors (Lipinski definition) is 3. The maximum atomic E-state index is 5.77. The fourth-order valence-corrected chi connectivity index (χ4v) is 1.70. The Bertz CT molecular complexity index is 481. The Morgan fingerprint density at radius 2 is 1.93 bits per heavy atom. The molecule has 1 aromatic heterocycles. The summed E-state index contributed by atoms with van der Waals surface area (Å²) in [4.78, 5) is 8.90. The normalized spacial score (nSPS) is 25.2. The van der Waals surface area contributed by atoms with Gasteiger partial charge in [-0.15, -0.1) is 0 Å². The second-order valence-electron chi connectivity index (χ2n) is 3.79. The summed E-state index contributed by atoms with van der Waals surface area (Å²) in [5, 5.41) is 0. The number of para-hydroxylation sites is 2. The molecule has 14 heavy (non-hydrogen) atoms. The van der Waals surface area contributed by atoms with Gasteiger partial charge in [-0.25, -0.2) is 4.98 Å². The van der Waals surface area contributed by atoms with Crippen LogP contribution in [0, 0.1) is 0 Å². The molecule has 2 unspecified atom stereocenters. The minimum atomic E-state index is 0.297. The van der Waals surface area contributed by atoms with Gasteiger partial charge in [0.1, 0.15) is 0 Å². The van der Waals surface area contributed by atoms with E-state index in [1.807, 2.05) is 30.5 Å². The lowest BCUT2D eigenvalue weighted by atomic mass is 10.2. The van der Waals surface area contributed by atoms with Crippen LogP contribution in [0.5, 0.6) is 0 Å². The first-order valence-electron chi connectivity index (χ1n) is 4.82. The second-order valence-corrected chi connectivity index (χ2v) is 3.79. The average molecular weight is 185 g/mol. The quantitative estimate of drug-likeness (QED) is 0.731. The zero-order valence-electron chi connectivity index (χ0n) is 7.72. The van der Waals surface area contributed by atoms with Crippen molar-refractivity contribution in [1.82, 2.24) is 9.97 Å². The van der Waals surface area contributed by atoms with Gasteiger partial charge in [0, 0.05) is 18.2 Å². The molecule has 1 heterocycles. The molecule has 2 N–H and O–H groups in total. The van der Waals surface area contributed by atoms with Crippen LogP contribution in [0.15, 0.2) is 30.5 Å². The van der Waals surface area contributed by atoms with Crippen molar-refractivity contribution < 1.29 is 0 Å². The lowest BCUT2D eigenvalue weighted by molar-refractivity contribution is 0.943. The summed E-state index contributed by atoms with van der Waals surface area (Å²) < 4.78 is 0. The molecule has 3 nitrogen and oxygen atoms in total. The van der Waals surface area contributed by atoms with Crippen LogP contribution >= 0.6 is 0 Å². The summed E-state index contributed by atoms with van der Waals surface area (Å²) in [6.07, 6.45) is 2.90. The third-order valence-corrected chi connectivity index (χ3v) is 2.69. The fourth-order valence-electron chi connectivity index (χ4n) is 1.70. The summed E-state index contributed by atoms with van der Waals surface area (Å²) in [7, 11) is 0. The molecule has 1 aliphatic carbocycles. The third kappa shape index (κ3) is 1.17. The van der Waals surface area contributed by atoms with E-state index in [1.165, 1.54) is 0 Å². The molecule has 0 bridgehead atoms. The molecular weight excluding hydrogens is 174 g/mol. The molecular formula is C11H11N3. The number of rotatable bonds is 1. The Morgan fingerprint density at radius 3 is 2.64 bits per heavy atom. The first-order chi connectivity index (χ1) is 6.84. The molecule has 0 amide bonds. The van der Waals surface area contributed by atoms with Crippen LogP contribution in [0.4, 0.5) is 0 Å².